The lowest BCUT2D eigenvalue weighted by Gasteiger charge is -2.36. The number of benzene rings is 1. The highest BCUT2D eigenvalue weighted by Crippen LogP contribution is 2.38. The number of nitrogens with one attached hydrogen (secondary N) is 2. The molecule has 1 amide bonds. The van der Waals surface area contributed by atoms with Gasteiger partial charge in [-0.1, -0.05) is 23.2 Å². The summed E-state index contributed by atoms with van der Waals surface area (Å²) in [6.07, 6.45) is 0.483. The SMILES string of the molecule is O=C1C[C@H]2CNCCN2c2cc(Cl)c(Cl)cc2N1. The number of anilines is 2. The Kier molecular flexibility index (Phi) is 3.09. The first-order valence-electron chi connectivity index (χ1n) is 5.91. The molecule has 1 aromatic rings. The third-order valence-electron chi connectivity index (χ3n) is 3.39. The predicted octanol–water partition coefficient (Wildman–Crippen LogP) is 2.11. The highest BCUT2D eigenvalue weighted by atomic mass is 35.5. The van der Waals surface area contributed by atoms with Crippen molar-refractivity contribution in [3.63, 3.8) is 0 Å². The van der Waals surface area contributed by atoms with Crippen LogP contribution in [0.15, 0.2) is 12.1 Å². The van der Waals surface area contributed by atoms with E-state index in [2.05, 4.69) is 15.5 Å². The van der Waals surface area contributed by atoms with E-state index in [0.29, 0.717) is 16.5 Å². The van der Waals surface area contributed by atoms with Gasteiger partial charge in [-0.2, -0.15) is 0 Å². The lowest BCUT2D eigenvalue weighted by atomic mass is 10.1. The minimum absolute atomic E-state index is 0.0193. The molecule has 0 aliphatic carbocycles. The summed E-state index contributed by atoms with van der Waals surface area (Å²) < 4.78 is 0. The van der Waals surface area contributed by atoms with Gasteiger partial charge < -0.3 is 15.5 Å². The maximum atomic E-state index is 11.9. The number of carbonyl (C=O) groups is 1. The van der Waals surface area contributed by atoms with Gasteiger partial charge in [-0.3, -0.25) is 4.79 Å². The Morgan fingerprint density at radius 3 is 2.89 bits per heavy atom. The minimum Gasteiger partial charge on any atom is -0.364 e. The van der Waals surface area contributed by atoms with Gasteiger partial charge in [-0.25, -0.2) is 0 Å². The molecule has 4 nitrogen and oxygen atoms in total. The molecule has 0 bridgehead atoms. The molecule has 1 aromatic carbocycles. The quantitative estimate of drug-likeness (QED) is 0.768. The number of fused-ring (bicyclic) bond motifs is 3. The molecule has 0 saturated carbocycles. The van der Waals surface area contributed by atoms with Crippen LogP contribution in [0.3, 0.4) is 0 Å². The summed E-state index contributed by atoms with van der Waals surface area (Å²) in [5.74, 6) is 0.0193. The average Bonchev–Trinajstić information content (AvgIpc) is 2.46. The zero-order valence-electron chi connectivity index (χ0n) is 9.67. The average molecular weight is 286 g/mol. The van der Waals surface area contributed by atoms with Crippen LogP contribution < -0.4 is 15.5 Å². The zero-order valence-corrected chi connectivity index (χ0v) is 11.2. The molecule has 18 heavy (non-hydrogen) atoms. The number of hydrogen-bond donors (Lipinski definition) is 2. The monoisotopic (exact) mass is 285 g/mol. The summed E-state index contributed by atoms with van der Waals surface area (Å²) in [4.78, 5) is 14.1. The molecule has 1 fully saturated rings. The molecule has 6 heteroatoms. The van der Waals surface area contributed by atoms with Crippen LogP contribution in [0.4, 0.5) is 11.4 Å². The summed E-state index contributed by atoms with van der Waals surface area (Å²) in [5.41, 5.74) is 1.71. The molecular weight excluding hydrogens is 273 g/mol. The number of nitrogens with zero attached hydrogens (tertiary/aromatic N) is 1. The molecule has 2 heterocycles. The van der Waals surface area contributed by atoms with Crippen molar-refractivity contribution >= 4 is 40.5 Å². The molecule has 3 rings (SSSR count). The lowest BCUT2D eigenvalue weighted by Crippen LogP contribution is -2.51. The summed E-state index contributed by atoms with van der Waals surface area (Å²) >= 11 is 12.1. The number of piperazine rings is 1. The van der Waals surface area contributed by atoms with Gasteiger partial charge in [0.15, 0.2) is 0 Å². The zero-order chi connectivity index (χ0) is 12.7. The number of hydrogen-bond acceptors (Lipinski definition) is 3. The van der Waals surface area contributed by atoms with Crippen LogP contribution in [0.2, 0.25) is 10.0 Å². The Bertz CT molecular complexity index is 506. The van der Waals surface area contributed by atoms with Crippen LogP contribution in [0.5, 0.6) is 0 Å². The van der Waals surface area contributed by atoms with E-state index >= 15 is 0 Å². The first-order chi connectivity index (χ1) is 8.65. The Morgan fingerprint density at radius 1 is 1.28 bits per heavy atom. The number of carbonyl (C=O) groups excluding carboxylic acids is 1. The van der Waals surface area contributed by atoms with Gasteiger partial charge in [0.05, 0.1) is 27.5 Å². The number of rotatable bonds is 0. The van der Waals surface area contributed by atoms with Crippen LogP contribution in [0.25, 0.3) is 0 Å². The fraction of sp³-hybridized carbons (Fsp3) is 0.417. The van der Waals surface area contributed by atoms with Gasteiger partial charge in [0, 0.05) is 26.1 Å². The Balaban J connectivity index is 2.09. The van der Waals surface area contributed by atoms with E-state index in [0.717, 1.165) is 31.0 Å². The fourth-order valence-corrected chi connectivity index (χ4v) is 2.87. The number of halogens is 2. The molecule has 1 saturated heterocycles. The van der Waals surface area contributed by atoms with E-state index < -0.39 is 0 Å². The highest BCUT2D eigenvalue weighted by molar-refractivity contribution is 6.42. The summed E-state index contributed by atoms with van der Waals surface area (Å²) in [7, 11) is 0. The second-order valence-electron chi connectivity index (χ2n) is 4.59. The van der Waals surface area contributed by atoms with Crippen molar-refractivity contribution in [1.82, 2.24) is 5.32 Å². The van der Waals surface area contributed by atoms with Gasteiger partial charge in [-0.05, 0) is 12.1 Å². The van der Waals surface area contributed by atoms with Crippen molar-refractivity contribution in [3.8, 4) is 0 Å². The van der Waals surface area contributed by atoms with Crippen LogP contribution in [-0.4, -0.2) is 31.6 Å². The third-order valence-corrected chi connectivity index (χ3v) is 4.12. The first-order valence-corrected chi connectivity index (χ1v) is 6.67. The topological polar surface area (TPSA) is 44.4 Å². The Labute approximate surface area is 115 Å². The highest BCUT2D eigenvalue weighted by Gasteiger charge is 2.30. The molecule has 2 N–H and O–H groups in total. The van der Waals surface area contributed by atoms with Crippen molar-refractivity contribution in [3.05, 3.63) is 22.2 Å². The normalized spacial score (nSPS) is 22.9. The van der Waals surface area contributed by atoms with Gasteiger partial charge in [0.1, 0.15) is 0 Å². The molecular formula is C12H13Cl2N3O. The second-order valence-corrected chi connectivity index (χ2v) is 5.40. The number of amides is 1. The van der Waals surface area contributed by atoms with Crippen molar-refractivity contribution in [1.29, 1.82) is 0 Å². The van der Waals surface area contributed by atoms with E-state index in [1.807, 2.05) is 6.07 Å². The van der Waals surface area contributed by atoms with Crippen molar-refractivity contribution in [2.75, 3.05) is 29.9 Å². The van der Waals surface area contributed by atoms with E-state index in [1.54, 1.807) is 6.07 Å². The van der Waals surface area contributed by atoms with Gasteiger partial charge in [0.2, 0.25) is 5.91 Å². The molecule has 2 aliphatic rings. The van der Waals surface area contributed by atoms with Gasteiger partial charge >= 0.3 is 0 Å². The van der Waals surface area contributed by atoms with Gasteiger partial charge in [-0.15, -0.1) is 0 Å². The summed E-state index contributed by atoms with van der Waals surface area (Å²) in [5, 5.41) is 7.18. The summed E-state index contributed by atoms with van der Waals surface area (Å²) in [6.45, 7) is 2.59. The first kappa shape index (κ1) is 12.1. The maximum absolute atomic E-state index is 11.9. The summed E-state index contributed by atoms with van der Waals surface area (Å²) in [6, 6.07) is 3.74. The van der Waals surface area contributed by atoms with Gasteiger partial charge in [0.25, 0.3) is 0 Å². The Morgan fingerprint density at radius 2 is 2.06 bits per heavy atom. The molecule has 2 aliphatic heterocycles. The van der Waals surface area contributed by atoms with Crippen molar-refractivity contribution in [2.45, 2.75) is 12.5 Å². The molecule has 96 valence electrons. The second kappa shape index (κ2) is 4.61. The van der Waals surface area contributed by atoms with Crippen LogP contribution in [-0.2, 0) is 4.79 Å². The van der Waals surface area contributed by atoms with E-state index in [-0.39, 0.29) is 11.9 Å². The van der Waals surface area contributed by atoms with Crippen LogP contribution in [0, 0.1) is 0 Å². The predicted molar refractivity (Wildman–Crippen MR) is 73.7 cm³/mol. The van der Waals surface area contributed by atoms with Crippen molar-refractivity contribution < 1.29 is 4.79 Å². The van der Waals surface area contributed by atoms with Crippen LogP contribution in [0.1, 0.15) is 6.42 Å². The van der Waals surface area contributed by atoms with Crippen LogP contribution >= 0.6 is 23.2 Å². The molecule has 0 spiro atoms. The molecule has 0 radical (unpaired) electrons. The van der Waals surface area contributed by atoms with Crippen molar-refractivity contribution in [2.24, 2.45) is 0 Å². The minimum atomic E-state index is 0.0193. The van der Waals surface area contributed by atoms with E-state index in [4.69, 9.17) is 23.2 Å². The molecule has 0 aromatic heterocycles. The van der Waals surface area contributed by atoms with E-state index in [1.165, 1.54) is 0 Å². The third kappa shape index (κ3) is 2.05. The largest absolute Gasteiger partial charge is 0.364 e. The van der Waals surface area contributed by atoms with E-state index in [9.17, 15) is 4.79 Å². The standard InChI is InChI=1S/C12H13Cl2N3O/c13-8-4-10-11(5-9(8)14)17-2-1-15-6-7(17)3-12(18)16-10/h4-5,7,15H,1-3,6H2,(H,16,18)/t7-/m0/s1. The smallest absolute Gasteiger partial charge is 0.226 e. The Hall–Kier alpha value is -0.970. The fourth-order valence-electron chi connectivity index (χ4n) is 2.55. The molecule has 1 atom stereocenters. The maximum Gasteiger partial charge on any atom is 0.226 e. The molecule has 0 unspecified atom stereocenters. The lowest BCUT2D eigenvalue weighted by molar-refractivity contribution is -0.116.